The molecule has 0 radical (unpaired) electrons. The standard InChI is InChI=1S/C14H25NO/c1-12-10-13(16)6-9-15(12)11-14(2)7-4-3-5-8-14/h12H,3-11H2,1-2H3. The van der Waals surface area contributed by atoms with E-state index >= 15 is 0 Å². The Labute approximate surface area is 99.4 Å². The Hall–Kier alpha value is -0.370. The second-order valence-electron chi connectivity index (χ2n) is 6.18. The van der Waals surface area contributed by atoms with Crippen LogP contribution in [0.1, 0.15) is 58.8 Å². The van der Waals surface area contributed by atoms with E-state index in [4.69, 9.17) is 0 Å². The van der Waals surface area contributed by atoms with Gasteiger partial charge in [-0.15, -0.1) is 0 Å². The first-order valence-corrected chi connectivity index (χ1v) is 6.85. The molecule has 2 heteroatoms. The van der Waals surface area contributed by atoms with Crippen LogP contribution in [0.2, 0.25) is 0 Å². The lowest BCUT2D eigenvalue weighted by Crippen LogP contribution is -2.46. The zero-order valence-electron chi connectivity index (χ0n) is 10.8. The van der Waals surface area contributed by atoms with Crippen molar-refractivity contribution >= 4 is 5.78 Å². The van der Waals surface area contributed by atoms with Gasteiger partial charge in [-0.05, 0) is 25.2 Å². The number of rotatable bonds is 2. The Balaban J connectivity index is 1.90. The highest BCUT2D eigenvalue weighted by Crippen LogP contribution is 2.37. The fourth-order valence-electron chi connectivity index (χ4n) is 3.34. The van der Waals surface area contributed by atoms with Crippen molar-refractivity contribution in [3.63, 3.8) is 0 Å². The minimum atomic E-state index is 0.456. The van der Waals surface area contributed by atoms with E-state index in [1.54, 1.807) is 0 Å². The molecule has 0 N–H and O–H groups in total. The summed E-state index contributed by atoms with van der Waals surface area (Å²) < 4.78 is 0. The molecule has 92 valence electrons. The van der Waals surface area contributed by atoms with Crippen molar-refractivity contribution in [2.75, 3.05) is 13.1 Å². The first-order chi connectivity index (χ1) is 7.59. The van der Waals surface area contributed by atoms with E-state index in [0.717, 1.165) is 19.4 Å². The Morgan fingerprint density at radius 2 is 2.00 bits per heavy atom. The lowest BCUT2D eigenvalue weighted by Gasteiger charge is -2.42. The Bertz CT molecular complexity index is 255. The topological polar surface area (TPSA) is 20.3 Å². The fraction of sp³-hybridized carbons (Fsp3) is 0.929. The number of piperidine rings is 1. The van der Waals surface area contributed by atoms with Crippen molar-refractivity contribution in [2.24, 2.45) is 5.41 Å². The molecule has 1 saturated carbocycles. The minimum Gasteiger partial charge on any atom is -0.300 e. The van der Waals surface area contributed by atoms with Gasteiger partial charge in [0, 0.05) is 32.0 Å². The number of carbonyl (C=O) groups is 1. The lowest BCUT2D eigenvalue weighted by molar-refractivity contribution is -0.123. The average molecular weight is 223 g/mol. The molecular weight excluding hydrogens is 198 g/mol. The van der Waals surface area contributed by atoms with Crippen LogP contribution < -0.4 is 0 Å². The summed E-state index contributed by atoms with van der Waals surface area (Å²) in [5.74, 6) is 0.456. The SMILES string of the molecule is CC1CC(=O)CCN1CC1(C)CCCCC1. The lowest BCUT2D eigenvalue weighted by atomic mass is 9.75. The van der Waals surface area contributed by atoms with Crippen molar-refractivity contribution < 1.29 is 4.79 Å². The molecular formula is C14H25NO. The third-order valence-electron chi connectivity index (χ3n) is 4.47. The van der Waals surface area contributed by atoms with Gasteiger partial charge in [0.05, 0.1) is 0 Å². The first kappa shape index (κ1) is 12.1. The summed E-state index contributed by atoms with van der Waals surface area (Å²) >= 11 is 0. The molecule has 1 unspecified atom stereocenters. The van der Waals surface area contributed by atoms with E-state index in [-0.39, 0.29) is 0 Å². The van der Waals surface area contributed by atoms with Crippen LogP contribution in [-0.2, 0) is 4.79 Å². The normalized spacial score (nSPS) is 31.6. The van der Waals surface area contributed by atoms with Crippen molar-refractivity contribution in [1.82, 2.24) is 4.90 Å². The van der Waals surface area contributed by atoms with Crippen LogP contribution in [0.4, 0.5) is 0 Å². The highest BCUT2D eigenvalue weighted by Gasteiger charge is 2.32. The van der Waals surface area contributed by atoms with Crippen LogP contribution in [0.15, 0.2) is 0 Å². The summed E-state index contributed by atoms with van der Waals surface area (Å²) in [6, 6.07) is 0.472. The predicted octanol–water partition coefficient (Wildman–Crippen LogP) is 3.01. The molecule has 0 aromatic heterocycles. The van der Waals surface area contributed by atoms with Gasteiger partial charge in [-0.25, -0.2) is 0 Å². The summed E-state index contributed by atoms with van der Waals surface area (Å²) in [5.41, 5.74) is 0.521. The molecule has 0 amide bonds. The third kappa shape index (κ3) is 2.85. The van der Waals surface area contributed by atoms with E-state index in [2.05, 4.69) is 18.7 Å². The van der Waals surface area contributed by atoms with Crippen LogP contribution >= 0.6 is 0 Å². The molecule has 1 aliphatic heterocycles. The molecule has 1 saturated heterocycles. The van der Waals surface area contributed by atoms with Gasteiger partial charge < -0.3 is 0 Å². The maximum Gasteiger partial charge on any atom is 0.135 e. The summed E-state index contributed by atoms with van der Waals surface area (Å²) in [6.45, 7) is 6.86. The second kappa shape index (κ2) is 4.87. The summed E-state index contributed by atoms with van der Waals surface area (Å²) in [5, 5.41) is 0. The molecule has 0 spiro atoms. The quantitative estimate of drug-likeness (QED) is 0.717. The van der Waals surface area contributed by atoms with Crippen molar-refractivity contribution in [1.29, 1.82) is 0 Å². The monoisotopic (exact) mass is 223 g/mol. The number of Topliss-reactive ketones (excluding diaryl/α,β-unsaturated/α-hetero) is 1. The highest BCUT2D eigenvalue weighted by atomic mass is 16.1. The first-order valence-electron chi connectivity index (χ1n) is 6.85. The number of ketones is 1. The van der Waals surface area contributed by atoms with Gasteiger partial charge in [0.1, 0.15) is 5.78 Å². The van der Waals surface area contributed by atoms with Crippen molar-refractivity contribution in [3.8, 4) is 0 Å². The molecule has 2 rings (SSSR count). The highest BCUT2D eigenvalue weighted by molar-refractivity contribution is 5.79. The Morgan fingerprint density at radius 3 is 2.62 bits per heavy atom. The molecule has 1 aliphatic carbocycles. The van der Waals surface area contributed by atoms with E-state index in [0.29, 0.717) is 17.2 Å². The van der Waals surface area contributed by atoms with Gasteiger partial charge in [0.2, 0.25) is 0 Å². The molecule has 2 nitrogen and oxygen atoms in total. The minimum absolute atomic E-state index is 0.456. The Kier molecular flexibility index (Phi) is 3.68. The van der Waals surface area contributed by atoms with E-state index in [1.165, 1.54) is 38.6 Å². The average Bonchev–Trinajstić information content (AvgIpc) is 2.23. The number of hydrogen-bond donors (Lipinski definition) is 0. The van der Waals surface area contributed by atoms with E-state index in [1.807, 2.05) is 0 Å². The number of hydrogen-bond acceptors (Lipinski definition) is 2. The maximum atomic E-state index is 11.4. The van der Waals surface area contributed by atoms with Gasteiger partial charge in [0.15, 0.2) is 0 Å². The van der Waals surface area contributed by atoms with Gasteiger partial charge >= 0.3 is 0 Å². The zero-order chi connectivity index (χ0) is 11.6. The van der Waals surface area contributed by atoms with Gasteiger partial charge in [-0.3, -0.25) is 9.69 Å². The van der Waals surface area contributed by atoms with E-state index < -0.39 is 0 Å². The van der Waals surface area contributed by atoms with Gasteiger partial charge in [-0.2, -0.15) is 0 Å². The number of nitrogens with zero attached hydrogens (tertiary/aromatic N) is 1. The summed E-state index contributed by atoms with van der Waals surface area (Å²) in [4.78, 5) is 13.9. The number of carbonyl (C=O) groups excluding carboxylic acids is 1. The molecule has 2 aliphatic rings. The molecule has 2 fully saturated rings. The summed E-state index contributed by atoms with van der Waals surface area (Å²) in [7, 11) is 0. The van der Waals surface area contributed by atoms with Crippen molar-refractivity contribution in [2.45, 2.75) is 64.8 Å². The number of likely N-dealkylation sites (tertiary alicyclic amines) is 1. The largest absolute Gasteiger partial charge is 0.300 e. The summed E-state index contributed by atoms with van der Waals surface area (Å²) in [6.07, 6.45) is 8.53. The third-order valence-corrected chi connectivity index (χ3v) is 4.47. The molecule has 1 atom stereocenters. The smallest absolute Gasteiger partial charge is 0.135 e. The van der Waals surface area contributed by atoms with Gasteiger partial charge in [-0.1, -0.05) is 26.2 Å². The zero-order valence-corrected chi connectivity index (χ0v) is 10.8. The Morgan fingerprint density at radius 1 is 1.31 bits per heavy atom. The van der Waals surface area contributed by atoms with E-state index in [9.17, 15) is 4.79 Å². The van der Waals surface area contributed by atoms with Crippen molar-refractivity contribution in [3.05, 3.63) is 0 Å². The van der Waals surface area contributed by atoms with Crippen LogP contribution in [0.5, 0.6) is 0 Å². The maximum absolute atomic E-state index is 11.4. The predicted molar refractivity (Wildman–Crippen MR) is 66.5 cm³/mol. The molecule has 1 heterocycles. The van der Waals surface area contributed by atoms with Crippen LogP contribution in [-0.4, -0.2) is 29.8 Å². The molecule has 16 heavy (non-hydrogen) atoms. The van der Waals surface area contributed by atoms with Gasteiger partial charge in [0.25, 0.3) is 0 Å². The van der Waals surface area contributed by atoms with Crippen LogP contribution in [0, 0.1) is 5.41 Å². The second-order valence-corrected chi connectivity index (χ2v) is 6.18. The fourth-order valence-corrected chi connectivity index (χ4v) is 3.34. The molecule has 0 aromatic carbocycles. The van der Waals surface area contributed by atoms with Crippen LogP contribution in [0.3, 0.4) is 0 Å². The molecule has 0 bridgehead atoms. The molecule has 0 aromatic rings. The van der Waals surface area contributed by atoms with Crippen LogP contribution in [0.25, 0.3) is 0 Å².